The van der Waals surface area contributed by atoms with Crippen LogP contribution in [-0.2, 0) is 7.05 Å². The molecule has 72 valence electrons. The number of phenols is 1. The molecule has 1 aromatic heterocycles. The molecule has 0 aliphatic heterocycles. The third-order valence-electron chi connectivity index (χ3n) is 1.95. The van der Waals surface area contributed by atoms with E-state index in [1.807, 2.05) is 0 Å². The zero-order valence-electron chi connectivity index (χ0n) is 7.43. The molecule has 0 radical (unpaired) electrons. The highest BCUT2D eigenvalue weighted by molar-refractivity contribution is 5.95. The van der Waals surface area contributed by atoms with Crippen molar-refractivity contribution < 1.29 is 15.0 Å². The van der Waals surface area contributed by atoms with Gasteiger partial charge in [-0.1, -0.05) is 0 Å². The Bertz CT molecular complexity index is 516. The summed E-state index contributed by atoms with van der Waals surface area (Å²) >= 11 is 0. The van der Waals surface area contributed by atoms with E-state index in [0.29, 0.717) is 10.9 Å². The van der Waals surface area contributed by atoms with Crippen LogP contribution in [0.4, 0.5) is 0 Å². The number of hydrogen-bond acceptors (Lipinski definition) is 3. The summed E-state index contributed by atoms with van der Waals surface area (Å²) in [7, 11) is 1.71. The summed E-state index contributed by atoms with van der Waals surface area (Å²) < 4.78 is 1.52. The maximum atomic E-state index is 10.7. The number of aromatic hydroxyl groups is 1. The molecule has 14 heavy (non-hydrogen) atoms. The minimum Gasteiger partial charge on any atom is -0.506 e. The topological polar surface area (TPSA) is 75.4 Å². The smallest absolute Gasteiger partial charge is 0.335 e. The van der Waals surface area contributed by atoms with Gasteiger partial charge in [0.15, 0.2) is 0 Å². The molecule has 5 nitrogen and oxygen atoms in total. The van der Waals surface area contributed by atoms with Gasteiger partial charge in [-0.3, -0.25) is 4.68 Å². The van der Waals surface area contributed by atoms with Gasteiger partial charge in [-0.25, -0.2) is 4.79 Å². The minimum atomic E-state index is -1.06. The number of aryl methyl sites for hydroxylation is 1. The molecule has 0 aliphatic carbocycles. The Hall–Kier alpha value is -2.04. The Morgan fingerprint density at radius 3 is 2.86 bits per heavy atom. The molecular formula is C9H8N2O3. The number of carbonyl (C=O) groups is 1. The van der Waals surface area contributed by atoms with Crippen LogP contribution in [0.5, 0.6) is 5.75 Å². The fourth-order valence-corrected chi connectivity index (χ4v) is 1.36. The van der Waals surface area contributed by atoms with Crippen molar-refractivity contribution in [2.75, 3.05) is 0 Å². The zero-order chi connectivity index (χ0) is 10.3. The molecular weight excluding hydrogens is 184 g/mol. The van der Waals surface area contributed by atoms with E-state index in [-0.39, 0.29) is 11.3 Å². The molecule has 0 saturated carbocycles. The molecule has 2 rings (SSSR count). The normalized spacial score (nSPS) is 10.6. The lowest BCUT2D eigenvalue weighted by atomic mass is 10.1. The maximum Gasteiger partial charge on any atom is 0.335 e. The number of hydrogen-bond donors (Lipinski definition) is 2. The second-order valence-electron chi connectivity index (χ2n) is 3.04. The number of phenolic OH excluding ortho intramolecular Hbond substituents is 1. The lowest BCUT2D eigenvalue weighted by Gasteiger charge is -1.96. The Kier molecular flexibility index (Phi) is 1.67. The van der Waals surface area contributed by atoms with Crippen LogP contribution in [0.3, 0.4) is 0 Å². The standard InChI is InChI=1S/C9H8N2O3/c1-11-4-6-2-5(9(13)14)3-7(12)8(6)10-11/h2-4,12H,1H3,(H,13,14). The first-order valence-electron chi connectivity index (χ1n) is 3.97. The fraction of sp³-hybridized carbons (Fsp3) is 0.111. The monoisotopic (exact) mass is 192 g/mol. The number of nitrogens with zero attached hydrogens (tertiary/aromatic N) is 2. The van der Waals surface area contributed by atoms with Gasteiger partial charge >= 0.3 is 5.97 Å². The van der Waals surface area contributed by atoms with E-state index in [4.69, 9.17) is 5.11 Å². The van der Waals surface area contributed by atoms with Gasteiger partial charge in [0.05, 0.1) is 5.56 Å². The van der Waals surface area contributed by atoms with Gasteiger partial charge in [-0.05, 0) is 12.1 Å². The van der Waals surface area contributed by atoms with E-state index in [2.05, 4.69) is 5.10 Å². The number of fused-ring (bicyclic) bond motifs is 1. The Labute approximate surface area is 79.2 Å². The van der Waals surface area contributed by atoms with Crippen LogP contribution in [0.25, 0.3) is 10.9 Å². The molecule has 0 aliphatic rings. The van der Waals surface area contributed by atoms with E-state index in [1.54, 1.807) is 13.2 Å². The molecule has 0 amide bonds. The van der Waals surface area contributed by atoms with Gasteiger partial charge < -0.3 is 10.2 Å². The first kappa shape index (κ1) is 8.55. The molecule has 1 aromatic carbocycles. The molecule has 2 aromatic rings. The summed E-state index contributed by atoms with van der Waals surface area (Å²) in [4.78, 5) is 10.7. The van der Waals surface area contributed by atoms with Gasteiger partial charge in [-0.2, -0.15) is 5.10 Å². The first-order chi connectivity index (χ1) is 6.58. The maximum absolute atomic E-state index is 10.7. The fourth-order valence-electron chi connectivity index (χ4n) is 1.36. The molecule has 0 atom stereocenters. The van der Waals surface area contributed by atoms with E-state index in [9.17, 15) is 9.90 Å². The second kappa shape index (κ2) is 2.73. The number of carboxylic acids is 1. The van der Waals surface area contributed by atoms with Gasteiger partial charge in [-0.15, -0.1) is 0 Å². The van der Waals surface area contributed by atoms with Crippen molar-refractivity contribution in [3.63, 3.8) is 0 Å². The molecule has 0 saturated heterocycles. The lowest BCUT2D eigenvalue weighted by molar-refractivity contribution is 0.0696. The average Bonchev–Trinajstić information content (AvgIpc) is 2.45. The quantitative estimate of drug-likeness (QED) is 0.706. The third-order valence-corrected chi connectivity index (χ3v) is 1.95. The number of carboxylic acid groups (broad SMARTS) is 1. The van der Waals surface area contributed by atoms with Crippen LogP contribution in [0, 0.1) is 0 Å². The van der Waals surface area contributed by atoms with E-state index in [0.717, 1.165) is 0 Å². The molecule has 0 bridgehead atoms. The Morgan fingerprint density at radius 2 is 2.21 bits per heavy atom. The van der Waals surface area contributed by atoms with Crippen molar-refractivity contribution in [3.05, 3.63) is 23.9 Å². The van der Waals surface area contributed by atoms with Gasteiger partial charge in [0.2, 0.25) is 0 Å². The van der Waals surface area contributed by atoms with Crippen molar-refractivity contribution in [2.45, 2.75) is 0 Å². The Balaban J connectivity index is 2.77. The number of benzene rings is 1. The second-order valence-corrected chi connectivity index (χ2v) is 3.04. The predicted octanol–water partition coefficient (Wildman–Crippen LogP) is 0.977. The average molecular weight is 192 g/mol. The van der Waals surface area contributed by atoms with Crippen molar-refractivity contribution in [2.24, 2.45) is 7.05 Å². The number of aromatic nitrogens is 2. The van der Waals surface area contributed by atoms with Crippen LogP contribution in [0.2, 0.25) is 0 Å². The van der Waals surface area contributed by atoms with Crippen LogP contribution in [-0.4, -0.2) is 26.0 Å². The van der Waals surface area contributed by atoms with E-state index >= 15 is 0 Å². The summed E-state index contributed by atoms with van der Waals surface area (Å²) in [5.74, 6) is -1.17. The number of rotatable bonds is 1. The summed E-state index contributed by atoms with van der Waals surface area (Å²) in [5, 5.41) is 22.8. The van der Waals surface area contributed by atoms with Crippen molar-refractivity contribution >= 4 is 16.9 Å². The van der Waals surface area contributed by atoms with Crippen LogP contribution in [0.15, 0.2) is 18.3 Å². The molecule has 1 heterocycles. The number of aromatic carboxylic acids is 1. The predicted molar refractivity (Wildman–Crippen MR) is 49.3 cm³/mol. The molecule has 0 fully saturated rings. The first-order valence-corrected chi connectivity index (χ1v) is 3.97. The van der Waals surface area contributed by atoms with Gasteiger partial charge in [0.1, 0.15) is 11.3 Å². The molecule has 0 unspecified atom stereocenters. The van der Waals surface area contributed by atoms with Gasteiger partial charge in [0, 0.05) is 18.6 Å². The lowest BCUT2D eigenvalue weighted by Crippen LogP contribution is -1.95. The van der Waals surface area contributed by atoms with Crippen molar-refractivity contribution in [1.29, 1.82) is 0 Å². The zero-order valence-corrected chi connectivity index (χ0v) is 7.43. The van der Waals surface area contributed by atoms with Crippen molar-refractivity contribution in [1.82, 2.24) is 9.78 Å². The van der Waals surface area contributed by atoms with E-state index in [1.165, 1.54) is 16.8 Å². The summed E-state index contributed by atoms with van der Waals surface area (Å²) in [5.41, 5.74) is 0.473. The van der Waals surface area contributed by atoms with Gasteiger partial charge in [0.25, 0.3) is 0 Å². The Morgan fingerprint density at radius 1 is 1.50 bits per heavy atom. The summed E-state index contributed by atoms with van der Waals surface area (Å²) in [6, 6.07) is 2.67. The highest BCUT2D eigenvalue weighted by Crippen LogP contribution is 2.24. The SMILES string of the molecule is Cn1cc2cc(C(=O)O)cc(O)c2n1. The van der Waals surface area contributed by atoms with Crippen LogP contribution in [0.1, 0.15) is 10.4 Å². The highest BCUT2D eigenvalue weighted by Gasteiger charge is 2.10. The summed E-state index contributed by atoms with van der Waals surface area (Å²) in [6.45, 7) is 0. The van der Waals surface area contributed by atoms with Crippen molar-refractivity contribution in [3.8, 4) is 5.75 Å². The third kappa shape index (κ3) is 1.19. The highest BCUT2D eigenvalue weighted by atomic mass is 16.4. The van der Waals surface area contributed by atoms with E-state index < -0.39 is 5.97 Å². The molecule has 5 heteroatoms. The molecule has 2 N–H and O–H groups in total. The molecule has 0 spiro atoms. The van der Waals surface area contributed by atoms with Crippen LogP contribution < -0.4 is 0 Å². The largest absolute Gasteiger partial charge is 0.506 e. The summed E-state index contributed by atoms with van der Waals surface area (Å²) in [6.07, 6.45) is 1.65. The minimum absolute atomic E-state index is 0.0583. The van der Waals surface area contributed by atoms with Crippen LogP contribution >= 0.6 is 0 Å².